The predicted octanol–water partition coefficient (Wildman–Crippen LogP) is 1.60. The highest BCUT2D eigenvalue weighted by Crippen LogP contribution is 2.23. The molecule has 1 atom stereocenters. The molecule has 0 unspecified atom stereocenters. The summed E-state index contributed by atoms with van der Waals surface area (Å²) < 4.78 is 0. The summed E-state index contributed by atoms with van der Waals surface area (Å²) in [6.45, 7) is 3.38. The lowest BCUT2D eigenvalue weighted by atomic mass is 10.1. The zero-order valence-electron chi connectivity index (χ0n) is 12.5. The van der Waals surface area contributed by atoms with Gasteiger partial charge in [0.1, 0.15) is 0 Å². The van der Waals surface area contributed by atoms with E-state index in [-0.39, 0.29) is 24.4 Å². The van der Waals surface area contributed by atoms with Crippen molar-refractivity contribution in [3.8, 4) is 0 Å². The fourth-order valence-corrected chi connectivity index (χ4v) is 2.73. The van der Waals surface area contributed by atoms with Crippen LogP contribution in [-0.2, 0) is 9.59 Å². The Morgan fingerprint density at radius 1 is 1.23 bits per heavy atom. The molecule has 1 fully saturated rings. The number of nitrogens with zero attached hydrogens (tertiary/aromatic N) is 1. The molecule has 2 N–H and O–H groups in total. The lowest BCUT2D eigenvalue weighted by molar-refractivity contribution is -0.127. The minimum Gasteiger partial charge on any atom is -0.354 e. The van der Waals surface area contributed by atoms with Crippen LogP contribution in [0.2, 0.25) is 0 Å². The Morgan fingerprint density at radius 2 is 2.00 bits per heavy atom. The summed E-state index contributed by atoms with van der Waals surface area (Å²) in [7, 11) is 0. The van der Waals surface area contributed by atoms with E-state index < -0.39 is 0 Å². The zero-order chi connectivity index (χ0) is 15.5. The SMILES string of the molecule is C[C@H](C(=O)Nc1cccc2ccccc12)N1CCNC(=O)C1. The Kier molecular flexibility index (Phi) is 4.06. The molecule has 0 saturated carbocycles. The molecule has 1 aliphatic rings. The number of carbonyl (C=O) groups is 2. The maximum atomic E-state index is 12.5. The molecule has 5 heteroatoms. The quantitative estimate of drug-likeness (QED) is 0.904. The maximum Gasteiger partial charge on any atom is 0.241 e. The summed E-state index contributed by atoms with van der Waals surface area (Å²) in [5, 5.41) is 7.86. The molecule has 0 bridgehead atoms. The van der Waals surface area contributed by atoms with Crippen molar-refractivity contribution < 1.29 is 9.59 Å². The highest BCUT2D eigenvalue weighted by atomic mass is 16.2. The first kappa shape index (κ1) is 14.5. The Bertz CT molecular complexity index is 709. The minimum atomic E-state index is -0.343. The fraction of sp³-hybridized carbons (Fsp3) is 0.294. The van der Waals surface area contributed by atoms with Crippen LogP contribution in [0.15, 0.2) is 42.5 Å². The van der Waals surface area contributed by atoms with E-state index in [2.05, 4.69) is 10.6 Å². The molecular formula is C17H19N3O2. The van der Waals surface area contributed by atoms with Gasteiger partial charge in [0.05, 0.1) is 12.6 Å². The van der Waals surface area contributed by atoms with Crippen LogP contribution in [-0.4, -0.2) is 42.4 Å². The summed E-state index contributed by atoms with van der Waals surface area (Å²) in [5.41, 5.74) is 0.802. The zero-order valence-corrected chi connectivity index (χ0v) is 12.5. The van der Waals surface area contributed by atoms with Crippen LogP contribution in [0, 0.1) is 0 Å². The molecule has 0 aromatic heterocycles. The van der Waals surface area contributed by atoms with E-state index in [9.17, 15) is 9.59 Å². The Balaban J connectivity index is 1.76. The average molecular weight is 297 g/mol. The van der Waals surface area contributed by atoms with Crippen molar-refractivity contribution in [2.24, 2.45) is 0 Å². The average Bonchev–Trinajstić information content (AvgIpc) is 2.54. The third-order valence-electron chi connectivity index (χ3n) is 4.04. The van der Waals surface area contributed by atoms with Crippen molar-refractivity contribution in [3.63, 3.8) is 0 Å². The number of hydrogen-bond acceptors (Lipinski definition) is 3. The number of hydrogen-bond donors (Lipinski definition) is 2. The molecule has 0 aliphatic carbocycles. The monoisotopic (exact) mass is 297 g/mol. The van der Waals surface area contributed by atoms with Crippen molar-refractivity contribution in [1.82, 2.24) is 10.2 Å². The van der Waals surface area contributed by atoms with Crippen LogP contribution in [0.1, 0.15) is 6.92 Å². The van der Waals surface area contributed by atoms with Gasteiger partial charge in [0, 0.05) is 24.2 Å². The van der Waals surface area contributed by atoms with Gasteiger partial charge in [-0.05, 0) is 18.4 Å². The molecule has 3 rings (SSSR count). The Hall–Kier alpha value is -2.40. The predicted molar refractivity (Wildman–Crippen MR) is 86.6 cm³/mol. The topological polar surface area (TPSA) is 61.4 Å². The lowest BCUT2D eigenvalue weighted by Gasteiger charge is -2.31. The van der Waals surface area contributed by atoms with Gasteiger partial charge in [0.25, 0.3) is 0 Å². The van der Waals surface area contributed by atoms with E-state index in [1.54, 1.807) is 0 Å². The van der Waals surface area contributed by atoms with Crippen LogP contribution in [0.3, 0.4) is 0 Å². The smallest absolute Gasteiger partial charge is 0.241 e. The summed E-state index contributed by atoms with van der Waals surface area (Å²) in [4.78, 5) is 25.8. The maximum absolute atomic E-state index is 12.5. The number of fused-ring (bicyclic) bond motifs is 1. The number of amides is 2. The van der Waals surface area contributed by atoms with Crippen molar-refractivity contribution >= 4 is 28.3 Å². The van der Waals surface area contributed by atoms with E-state index in [0.717, 1.165) is 16.5 Å². The number of rotatable bonds is 3. The second-order valence-corrected chi connectivity index (χ2v) is 5.51. The number of anilines is 1. The van der Waals surface area contributed by atoms with Gasteiger partial charge in [-0.25, -0.2) is 0 Å². The molecule has 1 heterocycles. The van der Waals surface area contributed by atoms with Crippen LogP contribution in [0.25, 0.3) is 10.8 Å². The second-order valence-electron chi connectivity index (χ2n) is 5.51. The number of benzene rings is 2. The lowest BCUT2D eigenvalue weighted by Crippen LogP contribution is -2.53. The molecule has 2 amide bonds. The van der Waals surface area contributed by atoms with Crippen LogP contribution in [0.5, 0.6) is 0 Å². The molecule has 2 aromatic carbocycles. The normalized spacial score (nSPS) is 17.0. The van der Waals surface area contributed by atoms with Crippen LogP contribution >= 0.6 is 0 Å². The summed E-state index contributed by atoms with van der Waals surface area (Å²) in [5.74, 6) is -0.123. The van der Waals surface area contributed by atoms with Gasteiger partial charge in [-0.15, -0.1) is 0 Å². The first-order valence-corrected chi connectivity index (χ1v) is 7.44. The molecule has 2 aromatic rings. The second kappa shape index (κ2) is 6.15. The van der Waals surface area contributed by atoms with E-state index >= 15 is 0 Å². The standard InChI is InChI=1S/C17H19N3O2/c1-12(20-10-9-18-16(21)11-20)17(22)19-15-8-4-6-13-5-2-3-7-14(13)15/h2-8,12H,9-11H2,1H3,(H,18,21)(H,19,22)/t12-/m1/s1. The van der Waals surface area contributed by atoms with E-state index in [1.165, 1.54) is 0 Å². The molecule has 0 spiro atoms. The van der Waals surface area contributed by atoms with Crippen LogP contribution in [0.4, 0.5) is 5.69 Å². The number of nitrogens with one attached hydrogen (secondary N) is 2. The third-order valence-corrected chi connectivity index (χ3v) is 4.04. The van der Waals surface area contributed by atoms with Gasteiger partial charge in [-0.3, -0.25) is 14.5 Å². The minimum absolute atomic E-state index is 0.0314. The van der Waals surface area contributed by atoms with Gasteiger partial charge in [-0.1, -0.05) is 36.4 Å². The molecule has 0 radical (unpaired) electrons. The summed E-state index contributed by atoms with van der Waals surface area (Å²) in [6.07, 6.45) is 0. The van der Waals surface area contributed by atoms with E-state index in [0.29, 0.717) is 13.1 Å². The van der Waals surface area contributed by atoms with Gasteiger partial charge < -0.3 is 10.6 Å². The van der Waals surface area contributed by atoms with Gasteiger partial charge >= 0.3 is 0 Å². The molecule has 1 saturated heterocycles. The molecule has 1 aliphatic heterocycles. The van der Waals surface area contributed by atoms with Crippen molar-refractivity contribution in [2.45, 2.75) is 13.0 Å². The molecule has 5 nitrogen and oxygen atoms in total. The number of piperazine rings is 1. The van der Waals surface area contributed by atoms with Gasteiger partial charge in [-0.2, -0.15) is 0 Å². The largest absolute Gasteiger partial charge is 0.354 e. The van der Waals surface area contributed by atoms with Crippen molar-refractivity contribution in [1.29, 1.82) is 0 Å². The van der Waals surface area contributed by atoms with Crippen molar-refractivity contribution in [2.75, 3.05) is 25.0 Å². The van der Waals surface area contributed by atoms with Gasteiger partial charge in [0.2, 0.25) is 11.8 Å². The molecular weight excluding hydrogens is 278 g/mol. The fourth-order valence-electron chi connectivity index (χ4n) is 2.73. The first-order chi connectivity index (χ1) is 10.6. The Labute approximate surface area is 129 Å². The number of carbonyl (C=O) groups excluding carboxylic acids is 2. The van der Waals surface area contributed by atoms with E-state index in [1.807, 2.05) is 54.3 Å². The highest BCUT2D eigenvalue weighted by Gasteiger charge is 2.26. The van der Waals surface area contributed by atoms with Gasteiger partial charge in [0.15, 0.2) is 0 Å². The molecule has 114 valence electrons. The van der Waals surface area contributed by atoms with Crippen molar-refractivity contribution in [3.05, 3.63) is 42.5 Å². The summed E-state index contributed by atoms with van der Waals surface area (Å²) in [6, 6.07) is 13.4. The first-order valence-electron chi connectivity index (χ1n) is 7.44. The molecule has 22 heavy (non-hydrogen) atoms. The third kappa shape index (κ3) is 2.94. The highest BCUT2D eigenvalue weighted by molar-refractivity contribution is 6.03. The van der Waals surface area contributed by atoms with E-state index in [4.69, 9.17) is 0 Å². The Morgan fingerprint density at radius 3 is 2.82 bits per heavy atom. The summed E-state index contributed by atoms with van der Waals surface area (Å²) >= 11 is 0. The van der Waals surface area contributed by atoms with Crippen LogP contribution < -0.4 is 10.6 Å².